The van der Waals surface area contributed by atoms with Crippen LogP contribution in [0, 0.1) is 0 Å². The standard InChI is InChI=1S/C19H19F3N2O/c20-19(21,22)17-9-2-1-6-15(17)13-23-16-8-5-7-14(12-16)18(25)24-10-3-4-11-24/h1-2,5-9,12,23H,3-4,10-11,13H2. The number of carbonyl (C=O) groups is 1. The van der Waals surface area contributed by atoms with Crippen LogP contribution in [0.1, 0.15) is 34.3 Å². The van der Waals surface area contributed by atoms with E-state index in [9.17, 15) is 18.0 Å². The van der Waals surface area contributed by atoms with Gasteiger partial charge in [-0.1, -0.05) is 24.3 Å². The Morgan fingerprint density at radius 2 is 1.76 bits per heavy atom. The van der Waals surface area contributed by atoms with E-state index in [1.807, 2.05) is 0 Å². The monoisotopic (exact) mass is 348 g/mol. The molecule has 1 fully saturated rings. The van der Waals surface area contributed by atoms with Crippen molar-refractivity contribution in [1.82, 2.24) is 4.90 Å². The predicted octanol–water partition coefficient (Wildman–Crippen LogP) is 4.55. The molecule has 1 amide bonds. The van der Waals surface area contributed by atoms with E-state index in [-0.39, 0.29) is 18.0 Å². The summed E-state index contributed by atoms with van der Waals surface area (Å²) >= 11 is 0. The van der Waals surface area contributed by atoms with Gasteiger partial charge in [0.1, 0.15) is 0 Å². The number of nitrogens with zero attached hydrogens (tertiary/aromatic N) is 1. The quantitative estimate of drug-likeness (QED) is 0.879. The van der Waals surface area contributed by atoms with Gasteiger partial charge in [-0.15, -0.1) is 0 Å². The molecule has 3 nitrogen and oxygen atoms in total. The molecule has 2 aromatic carbocycles. The molecule has 0 aliphatic carbocycles. The van der Waals surface area contributed by atoms with Crippen LogP contribution in [0.5, 0.6) is 0 Å². The Morgan fingerprint density at radius 3 is 2.48 bits per heavy atom. The molecule has 1 N–H and O–H groups in total. The summed E-state index contributed by atoms with van der Waals surface area (Å²) in [6.07, 6.45) is -2.36. The molecule has 3 rings (SSSR count). The average molecular weight is 348 g/mol. The molecule has 132 valence electrons. The maximum absolute atomic E-state index is 13.0. The van der Waals surface area contributed by atoms with Crippen molar-refractivity contribution in [3.8, 4) is 0 Å². The minimum Gasteiger partial charge on any atom is -0.381 e. The molecule has 25 heavy (non-hydrogen) atoms. The molecule has 1 saturated heterocycles. The zero-order chi connectivity index (χ0) is 17.9. The fourth-order valence-electron chi connectivity index (χ4n) is 3.01. The predicted molar refractivity (Wildman–Crippen MR) is 90.4 cm³/mol. The summed E-state index contributed by atoms with van der Waals surface area (Å²) in [6, 6.07) is 12.4. The number of halogens is 3. The number of likely N-dealkylation sites (tertiary alicyclic amines) is 1. The summed E-state index contributed by atoms with van der Waals surface area (Å²) in [7, 11) is 0. The van der Waals surface area contributed by atoms with Crippen molar-refractivity contribution >= 4 is 11.6 Å². The second-order valence-electron chi connectivity index (χ2n) is 6.09. The molecular formula is C19H19F3N2O. The molecule has 0 unspecified atom stereocenters. The van der Waals surface area contributed by atoms with Crippen molar-refractivity contribution in [2.24, 2.45) is 0 Å². The average Bonchev–Trinajstić information content (AvgIpc) is 3.13. The number of alkyl halides is 3. The summed E-state index contributed by atoms with van der Waals surface area (Å²) < 4.78 is 39.1. The zero-order valence-corrected chi connectivity index (χ0v) is 13.6. The molecule has 1 aliphatic rings. The Balaban J connectivity index is 1.72. The topological polar surface area (TPSA) is 32.3 Å². The van der Waals surface area contributed by atoms with Crippen LogP contribution in [0.15, 0.2) is 48.5 Å². The lowest BCUT2D eigenvalue weighted by atomic mass is 10.1. The molecule has 1 aliphatic heterocycles. The summed E-state index contributed by atoms with van der Waals surface area (Å²) in [5, 5.41) is 2.99. The third-order valence-electron chi connectivity index (χ3n) is 4.31. The highest BCUT2D eigenvalue weighted by Crippen LogP contribution is 2.32. The van der Waals surface area contributed by atoms with Crippen LogP contribution in [0.2, 0.25) is 0 Å². The van der Waals surface area contributed by atoms with E-state index in [0.717, 1.165) is 32.0 Å². The van der Waals surface area contributed by atoms with Crippen molar-refractivity contribution < 1.29 is 18.0 Å². The van der Waals surface area contributed by atoms with Crippen LogP contribution in [0.4, 0.5) is 18.9 Å². The van der Waals surface area contributed by atoms with E-state index < -0.39 is 11.7 Å². The van der Waals surface area contributed by atoms with Crippen LogP contribution >= 0.6 is 0 Å². The van der Waals surface area contributed by atoms with Gasteiger partial charge < -0.3 is 10.2 Å². The van der Waals surface area contributed by atoms with Gasteiger partial charge in [-0.3, -0.25) is 4.79 Å². The molecule has 2 aromatic rings. The number of carbonyl (C=O) groups excluding carboxylic acids is 1. The minimum atomic E-state index is -4.38. The fraction of sp³-hybridized carbons (Fsp3) is 0.316. The lowest BCUT2D eigenvalue weighted by molar-refractivity contribution is -0.138. The molecule has 1 heterocycles. The molecule has 0 bridgehead atoms. The van der Waals surface area contributed by atoms with Gasteiger partial charge in [-0.25, -0.2) is 0 Å². The molecule has 0 atom stereocenters. The summed E-state index contributed by atoms with van der Waals surface area (Å²) in [6.45, 7) is 1.56. The van der Waals surface area contributed by atoms with Crippen LogP contribution in [0.25, 0.3) is 0 Å². The van der Waals surface area contributed by atoms with Crippen molar-refractivity contribution in [3.05, 3.63) is 65.2 Å². The van der Waals surface area contributed by atoms with Gasteiger partial charge in [0.25, 0.3) is 5.91 Å². The first-order valence-electron chi connectivity index (χ1n) is 8.23. The van der Waals surface area contributed by atoms with Crippen LogP contribution in [-0.4, -0.2) is 23.9 Å². The highest BCUT2D eigenvalue weighted by molar-refractivity contribution is 5.95. The number of nitrogens with one attached hydrogen (secondary N) is 1. The van der Waals surface area contributed by atoms with Gasteiger partial charge in [-0.2, -0.15) is 13.2 Å². The largest absolute Gasteiger partial charge is 0.416 e. The van der Waals surface area contributed by atoms with Crippen molar-refractivity contribution in [3.63, 3.8) is 0 Å². The lowest BCUT2D eigenvalue weighted by Gasteiger charge is -2.17. The van der Waals surface area contributed by atoms with Crippen LogP contribution in [0.3, 0.4) is 0 Å². The van der Waals surface area contributed by atoms with E-state index in [4.69, 9.17) is 0 Å². The number of hydrogen-bond donors (Lipinski definition) is 1. The second kappa shape index (κ2) is 7.17. The van der Waals surface area contributed by atoms with E-state index >= 15 is 0 Å². The number of rotatable bonds is 4. The first-order valence-corrected chi connectivity index (χ1v) is 8.23. The summed E-state index contributed by atoms with van der Waals surface area (Å²) in [5.74, 6) is -0.0307. The second-order valence-corrected chi connectivity index (χ2v) is 6.09. The first kappa shape index (κ1) is 17.3. The lowest BCUT2D eigenvalue weighted by Crippen LogP contribution is -2.27. The van der Waals surface area contributed by atoms with E-state index in [0.29, 0.717) is 11.3 Å². The maximum Gasteiger partial charge on any atom is 0.416 e. The van der Waals surface area contributed by atoms with Gasteiger partial charge in [0.05, 0.1) is 5.56 Å². The number of hydrogen-bond acceptors (Lipinski definition) is 2. The number of benzene rings is 2. The third-order valence-corrected chi connectivity index (χ3v) is 4.31. The van der Waals surface area contributed by atoms with E-state index in [1.54, 1.807) is 35.2 Å². The van der Waals surface area contributed by atoms with Crippen LogP contribution in [-0.2, 0) is 12.7 Å². The zero-order valence-electron chi connectivity index (χ0n) is 13.6. The normalized spacial score (nSPS) is 14.6. The minimum absolute atomic E-state index is 0.0307. The summed E-state index contributed by atoms with van der Waals surface area (Å²) in [5.41, 5.74) is 0.705. The molecule has 0 saturated carbocycles. The number of amides is 1. The highest BCUT2D eigenvalue weighted by Gasteiger charge is 2.32. The first-order chi connectivity index (χ1) is 11.9. The Kier molecular flexibility index (Phi) is 4.97. The van der Waals surface area contributed by atoms with Gasteiger partial charge >= 0.3 is 6.18 Å². The van der Waals surface area contributed by atoms with Crippen molar-refractivity contribution in [2.75, 3.05) is 18.4 Å². The molecule has 6 heteroatoms. The smallest absolute Gasteiger partial charge is 0.381 e. The number of anilines is 1. The van der Waals surface area contributed by atoms with Gasteiger partial charge in [0, 0.05) is 30.9 Å². The molecule has 0 radical (unpaired) electrons. The highest BCUT2D eigenvalue weighted by atomic mass is 19.4. The Morgan fingerprint density at radius 1 is 1.04 bits per heavy atom. The molecule has 0 spiro atoms. The van der Waals surface area contributed by atoms with E-state index in [2.05, 4.69) is 5.32 Å². The van der Waals surface area contributed by atoms with Crippen molar-refractivity contribution in [2.45, 2.75) is 25.6 Å². The van der Waals surface area contributed by atoms with Gasteiger partial charge in [-0.05, 0) is 42.7 Å². The Hall–Kier alpha value is -2.50. The molecule has 0 aromatic heterocycles. The fourth-order valence-corrected chi connectivity index (χ4v) is 3.01. The van der Waals surface area contributed by atoms with Crippen molar-refractivity contribution in [1.29, 1.82) is 0 Å². The summed E-state index contributed by atoms with van der Waals surface area (Å²) in [4.78, 5) is 14.2. The Labute approximate surface area is 144 Å². The van der Waals surface area contributed by atoms with Gasteiger partial charge in [0.15, 0.2) is 0 Å². The van der Waals surface area contributed by atoms with Crippen LogP contribution < -0.4 is 5.32 Å². The third kappa shape index (κ3) is 4.13. The maximum atomic E-state index is 13.0. The SMILES string of the molecule is O=C(c1cccc(NCc2ccccc2C(F)(F)F)c1)N1CCCC1. The van der Waals surface area contributed by atoms with Gasteiger partial charge in [0.2, 0.25) is 0 Å². The van der Waals surface area contributed by atoms with E-state index in [1.165, 1.54) is 12.1 Å². The Bertz CT molecular complexity index is 752. The molecular weight excluding hydrogens is 329 g/mol.